The summed E-state index contributed by atoms with van der Waals surface area (Å²) in [6.07, 6.45) is 0. The lowest BCUT2D eigenvalue weighted by Gasteiger charge is -2.10. The zero-order valence-corrected chi connectivity index (χ0v) is 16.4. The number of rotatable bonds is 5. The van der Waals surface area contributed by atoms with E-state index in [4.69, 9.17) is 4.74 Å². The van der Waals surface area contributed by atoms with Crippen LogP contribution < -0.4 is 0 Å². The monoisotopic (exact) mass is 421 g/mol. The predicted molar refractivity (Wildman–Crippen MR) is 105 cm³/mol. The Morgan fingerprint density at radius 2 is 1.32 bits per heavy atom. The molecule has 0 radical (unpaired) electrons. The lowest BCUT2D eigenvalue weighted by Crippen LogP contribution is -2.06. The molecule has 7 heteroatoms. The van der Waals surface area contributed by atoms with Crippen LogP contribution in [-0.2, 0) is 15.6 Å². The van der Waals surface area contributed by atoms with Crippen LogP contribution in [0.5, 0.6) is 0 Å². The van der Waals surface area contributed by atoms with E-state index < -0.39 is 22.4 Å². The van der Waals surface area contributed by atoms with Crippen molar-refractivity contribution in [1.82, 2.24) is 0 Å². The summed E-state index contributed by atoms with van der Waals surface area (Å²) >= 11 is -0.128. The molecule has 2 nitrogen and oxygen atoms in total. The van der Waals surface area contributed by atoms with E-state index in [0.717, 1.165) is 14.7 Å². The van der Waals surface area contributed by atoms with E-state index in [9.17, 15) is 18.0 Å². The quantitative estimate of drug-likeness (QED) is 0.280. The predicted octanol–water partition coefficient (Wildman–Crippen LogP) is 6.18. The van der Waals surface area contributed by atoms with E-state index in [1.165, 1.54) is 19.2 Å². The summed E-state index contributed by atoms with van der Waals surface area (Å²) < 4.78 is 42.5. The Labute approximate surface area is 168 Å². The fourth-order valence-electron chi connectivity index (χ4n) is 2.59. The number of carbonyl (C=O) groups is 1. The van der Waals surface area contributed by atoms with Crippen LogP contribution in [0.15, 0.2) is 98.4 Å². The van der Waals surface area contributed by atoms with Crippen molar-refractivity contribution >= 4 is 28.6 Å². The minimum absolute atomic E-state index is 0.128. The fourth-order valence-corrected chi connectivity index (χ4v) is 5.19. The van der Waals surface area contributed by atoms with E-state index in [2.05, 4.69) is 0 Å². The van der Waals surface area contributed by atoms with Crippen LogP contribution in [-0.4, -0.2) is 18.6 Å². The van der Waals surface area contributed by atoms with Crippen molar-refractivity contribution in [1.29, 1.82) is 0 Å². The molecule has 0 saturated carbocycles. The molecule has 0 fully saturated rings. The molecular formula is C21H16F3O2S2+. The Morgan fingerprint density at radius 3 is 1.82 bits per heavy atom. The highest BCUT2D eigenvalue weighted by molar-refractivity contribution is 8.00. The van der Waals surface area contributed by atoms with E-state index in [1.54, 1.807) is 24.3 Å². The summed E-state index contributed by atoms with van der Waals surface area (Å²) in [4.78, 5) is 14.7. The van der Waals surface area contributed by atoms with Gasteiger partial charge in [-0.2, -0.15) is 13.2 Å². The van der Waals surface area contributed by atoms with Crippen LogP contribution in [0.3, 0.4) is 0 Å². The molecule has 3 aromatic carbocycles. The molecule has 0 aromatic heterocycles. The Morgan fingerprint density at radius 1 is 0.821 bits per heavy atom. The van der Waals surface area contributed by atoms with Crippen LogP contribution >= 0.6 is 11.8 Å². The Kier molecular flexibility index (Phi) is 6.36. The minimum Gasteiger partial charge on any atom is -0.465 e. The summed E-state index contributed by atoms with van der Waals surface area (Å²) in [6.45, 7) is 0. The maximum absolute atomic E-state index is 12.6. The standard InChI is InChI=1S/C21H16F3O2S2/c1-26-20(25)15-7-11-18(12-8-15)28(17-5-3-2-4-6-17)19-13-9-16(10-14-19)27-21(22,23)24/h2-14H,1H3/q+1. The van der Waals surface area contributed by atoms with E-state index in [0.29, 0.717) is 5.56 Å². The summed E-state index contributed by atoms with van der Waals surface area (Å²) in [7, 11) is 0.813. The molecule has 1 unspecified atom stereocenters. The van der Waals surface area contributed by atoms with Gasteiger partial charge in [-0.05, 0) is 72.4 Å². The third kappa shape index (κ3) is 5.11. The van der Waals surface area contributed by atoms with Gasteiger partial charge in [-0.1, -0.05) is 18.2 Å². The van der Waals surface area contributed by atoms with Crippen LogP contribution in [0.4, 0.5) is 13.2 Å². The number of carbonyl (C=O) groups excluding carboxylic acids is 1. The number of halogens is 3. The number of hydrogen-bond donors (Lipinski definition) is 0. The molecule has 0 heterocycles. The molecule has 3 aromatic rings. The second-order valence-electron chi connectivity index (χ2n) is 5.65. The average Bonchev–Trinajstić information content (AvgIpc) is 2.69. The molecule has 1 atom stereocenters. The van der Waals surface area contributed by atoms with Gasteiger partial charge in [-0.3, -0.25) is 0 Å². The zero-order valence-electron chi connectivity index (χ0n) is 14.8. The molecule has 28 heavy (non-hydrogen) atoms. The van der Waals surface area contributed by atoms with E-state index in [1.807, 2.05) is 42.5 Å². The fraction of sp³-hybridized carbons (Fsp3) is 0.0952. The smallest absolute Gasteiger partial charge is 0.446 e. The normalized spacial score (nSPS) is 12.4. The van der Waals surface area contributed by atoms with E-state index in [-0.39, 0.29) is 16.7 Å². The first-order chi connectivity index (χ1) is 13.4. The van der Waals surface area contributed by atoms with Crippen molar-refractivity contribution in [2.24, 2.45) is 0 Å². The van der Waals surface area contributed by atoms with Gasteiger partial charge in [-0.15, -0.1) is 0 Å². The van der Waals surface area contributed by atoms with Crippen molar-refractivity contribution in [2.45, 2.75) is 25.1 Å². The third-order valence-electron chi connectivity index (χ3n) is 3.78. The number of ether oxygens (including phenoxy) is 1. The second kappa shape index (κ2) is 8.75. The Hall–Kier alpha value is -2.38. The van der Waals surface area contributed by atoms with Crippen molar-refractivity contribution in [2.75, 3.05) is 7.11 Å². The highest BCUT2D eigenvalue weighted by Gasteiger charge is 2.31. The van der Waals surface area contributed by atoms with Gasteiger partial charge in [0.25, 0.3) is 0 Å². The highest BCUT2D eigenvalue weighted by atomic mass is 32.2. The van der Waals surface area contributed by atoms with Crippen LogP contribution in [0, 0.1) is 0 Å². The molecule has 0 saturated heterocycles. The molecule has 0 amide bonds. The highest BCUT2D eigenvalue weighted by Crippen LogP contribution is 2.38. The maximum atomic E-state index is 12.6. The van der Waals surface area contributed by atoms with Crippen LogP contribution in [0.1, 0.15) is 10.4 Å². The molecular weight excluding hydrogens is 405 g/mol. The first kappa shape index (κ1) is 20.4. The van der Waals surface area contributed by atoms with Crippen molar-refractivity contribution in [3.05, 3.63) is 84.4 Å². The number of methoxy groups -OCH3 is 1. The summed E-state index contributed by atoms with van der Waals surface area (Å²) in [5, 5.41) is 0. The summed E-state index contributed by atoms with van der Waals surface area (Å²) in [5.74, 6) is -0.417. The number of thioether (sulfide) groups is 1. The van der Waals surface area contributed by atoms with Crippen molar-refractivity contribution in [3.8, 4) is 0 Å². The third-order valence-corrected chi connectivity index (χ3v) is 6.75. The van der Waals surface area contributed by atoms with Crippen LogP contribution in [0.25, 0.3) is 0 Å². The lowest BCUT2D eigenvalue weighted by molar-refractivity contribution is -0.0328. The summed E-state index contributed by atoms with van der Waals surface area (Å²) in [6, 6.07) is 23.2. The van der Waals surface area contributed by atoms with Gasteiger partial charge in [0.2, 0.25) is 0 Å². The van der Waals surface area contributed by atoms with Gasteiger partial charge in [-0.25, -0.2) is 4.79 Å². The molecule has 0 N–H and O–H groups in total. The van der Waals surface area contributed by atoms with E-state index >= 15 is 0 Å². The van der Waals surface area contributed by atoms with Gasteiger partial charge in [0.15, 0.2) is 14.7 Å². The van der Waals surface area contributed by atoms with Crippen LogP contribution in [0.2, 0.25) is 0 Å². The van der Waals surface area contributed by atoms with Gasteiger partial charge < -0.3 is 4.74 Å². The molecule has 0 bridgehead atoms. The van der Waals surface area contributed by atoms with Gasteiger partial charge in [0.1, 0.15) is 0 Å². The topological polar surface area (TPSA) is 26.3 Å². The molecule has 3 rings (SSSR count). The Balaban J connectivity index is 1.98. The first-order valence-electron chi connectivity index (χ1n) is 8.21. The van der Waals surface area contributed by atoms with Crippen molar-refractivity contribution in [3.63, 3.8) is 0 Å². The number of hydrogen-bond acceptors (Lipinski definition) is 3. The number of benzene rings is 3. The largest absolute Gasteiger partial charge is 0.465 e. The van der Waals surface area contributed by atoms with Gasteiger partial charge in [0.05, 0.1) is 23.6 Å². The summed E-state index contributed by atoms with van der Waals surface area (Å²) in [5.41, 5.74) is -3.87. The molecule has 0 spiro atoms. The number of alkyl halides is 3. The second-order valence-corrected chi connectivity index (χ2v) is 8.82. The minimum atomic E-state index is -4.31. The first-order valence-corrected chi connectivity index (χ1v) is 10.2. The number of esters is 1. The average molecular weight is 421 g/mol. The van der Waals surface area contributed by atoms with Crippen molar-refractivity contribution < 1.29 is 22.7 Å². The molecule has 0 aliphatic rings. The maximum Gasteiger partial charge on any atom is 0.446 e. The SMILES string of the molecule is COC(=O)c1ccc([S+](c2ccccc2)c2ccc(SC(F)(F)F)cc2)cc1. The zero-order chi connectivity index (χ0) is 20.1. The molecule has 0 aliphatic carbocycles. The molecule has 144 valence electrons. The van der Waals surface area contributed by atoms with Gasteiger partial charge >= 0.3 is 11.5 Å². The Bertz CT molecular complexity index is 925. The van der Waals surface area contributed by atoms with Gasteiger partial charge in [0, 0.05) is 4.90 Å². The lowest BCUT2D eigenvalue weighted by atomic mass is 10.2. The molecule has 0 aliphatic heterocycles.